The van der Waals surface area contributed by atoms with Crippen molar-refractivity contribution in [3.05, 3.63) is 53.3 Å². The van der Waals surface area contributed by atoms with Gasteiger partial charge in [-0.05, 0) is 42.7 Å². The summed E-state index contributed by atoms with van der Waals surface area (Å²) in [6.07, 6.45) is -0.186. The number of alkyl halides is 3. The van der Waals surface area contributed by atoms with Gasteiger partial charge < -0.3 is 18.9 Å². The van der Waals surface area contributed by atoms with Gasteiger partial charge in [0.25, 0.3) is 0 Å². The molecule has 1 heterocycles. The van der Waals surface area contributed by atoms with Crippen molar-refractivity contribution >= 4 is 0 Å². The predicted octanol–water partition coefficient (Wildman–Crippen LogP) is 3.98. The van der Waals surface area contributed by atoms with E-state index in [1.165, 1.54) is 12.1 Å². The SMILES string of the molecule is COCCOCOc1cncc(CCCOc2ccc(C#N)c(C(F)(F)F)c2)c1. The molecule has 0 saturated heterocycles. The zero-order valence-electron chi connectivity index (χ0n) is 15.9. The third kappa shape index (κ3) is 7.60. The van der Waals surface area contributed by atoms with Crippen LogP contribution in [0.2, 0.25) is 0 Å². The second-order valence-corrected chi connectivity index (χ2v) is 5.96. The molecule has 9 heteroatoms. The summed E-state index contributed by atoms with van der Waals surface area (Å²) in [6, 6.07) is 6.66. The van der Waals surface area contributed by atoms with Crippen LogP contribution in [-0.2, 0) is 22.1 Å². The number of pyridine rings is 1. The summed E-state index contributed by atoms with van der Waals surface area (Å²) in [5.74, 6) is 0.627. The van der Waals surface area contributed by atoms with Crippen molar-refractivity contribution in [1.29, 1.82) is 5.26 Å². The first-order chi connectivity index (χ1) is 13.9. The van der Waals surface area contributed by atoms with E-state index in [0.717, 1.165) is 17.7 Å². The molecule has 0 amide bonds. The summed E-state index contributed by atoms with van der Waals surface area (Å²) >= 11 is 0. The van der Waals surface area contributed by atoms with Crippen LogP contribution in [0.1, 0.15) is 23.1 Å². The fraction of sp³-hybridized carbons (Fsp3) is 0.400. The molecule has 0 atom stereocenters. The van der Waals surface area contributed by atoms with Crippen molar-refractivity contribution in [1.82, 2.24) is 4.98 Å². The van der Waals surface area contributed by atoms with Gasteiger partial charge in [-0.25, -0.2) is 0 Å². The third-order valence-electron chi connectivity index (χ3n) is 3.81. The van der Waals surface area contributed by atoms with Crippen molar-refractivity contribution in [2.24, 2.45) is 0 Å². The van der Waals surface area contributed by atoms with Gasteiger partial charge in [-0.15, -0.1) is 0 Å². The molecule has 0 aliphatic rings. The second kappa shape index (κ2) is 11.2. The van der Waals surface area contributed by atoms with Crippen LogP contribution in [0.3, 0.4) is 0 Å². The predicted molar refractivity (Wildman–Crippen MR) is 97.5 cm³/mol. The summed E-state index contributed by atoms with van der Waals surface area (Å²) in [5.41, 5.74) is -0.531. The Kier molecular flexibility index (Phi) is 8.70. The zero-order valence-corrected chi connectivity index (χ0v) is 15.9. The van der Waals surface area contributed by atoms with Crippen molar-refractivity contribution in [3.63, 3.8) is 0 Å². The summed E-state index contributed by atoms with van der Waals surface area (Å²) in [7, 11) is 1.58. The Labute approximate surface area is 166 Å². The Morgan fingerprint density at radius 2 is 1.86 bits per heavy atom. The fourth-order valence-electron chi connectivity index (χ4n) is 2.40. The summed E-state index contributed by atoms with van der Waals surface area (Å²) in [6.45, 7) is 1.20. The number of halogens is 3. The number of aromatic nitrogens is 1. The topological polar surface area (TPSA) is 73.6 Å². The molecule has 1 aromatic heterocycles. The van der Waals surface area contributed by atoms with Crippen molar-refractivity contribution in [2.45, 2.75) is 19.0 Å². The van der Waals surface area contributed by atoms with Crippen LogP contribution in [0.5, 0.6) is 11.5 Å². The van der Waals surface area contributed by atoms with E-state index in [1.54, 1.807) is 19.5 Å². The van der Waals surface area contributed by atoms with E-state index in [-0.39, 0.29) is 19.1 Å². The normalized spacial score (nSPS) is 11.1. The number of benzene rings is 1. The number of hydrogen-bond acceptors (Lipinski definition) is 6. The van der Waals surface area contributed by atoms with Crippen LogP contribution in [0.15, 0.2) is 36.7 Å². The first-order valence-corrected chi connectivity index (χ1v) is 8.81. The van der Waals surface area contributed by atoms with Gasteiger partial charge in [0, 0.05) is 13.3 Å². The molecule has 29 heavy (non-hydrogen) atoms. The highest BCUT2D eigenvalue weighted by Gasteiger charge is 2.34. The quantitative estimate of drug-likeness (QED) is 0.412. The summed E-state index contributed by atoms with van der Waals surface area (Å²) in [5, 5.41) is 8.81. The number of rotatable bonds is 11. The Morgan fingerprint density at radius 3 is 2.59 bits per heavy atom. The van der Waals surface area contributed by atoms with Crippen LogP contribution < -0.4 is 9.47 Å². The molecular formula is C20H21F3N2O4. The van der Waals surface area contributed by atoms with Gasteiger partial charge in [0.1, 0.15) is 11.5 Å². The molecule has 0 fully saturated rings. The van der Waals surface area contributed by atoms with Crippen LogP contribution in [-0.4, -0.2) is 38.7 Å². The molecule has 1 aromatic carbocycles. The lowest BCUT2D eigenvalue weighted by molar-refractivity contribution is -0.137. The Bertz CT molecular complexity index is 822. The lowest BCUT2D eigenvalue weighted by atomic mass is 10.1. The van der Waals surface area contributed by atoms with Crippen LogP contribution in [0.25, 0.3) is 0 Å². The monoisotopic (exact) mass is 410 g/mol. The third-order valence-corrected chi connectivity index (χ3v) is 3.81. The molecule has 0 radical (unpaired) electrons. The first-order valence-electron chi connectivity index (χ1n) is 8.81. The van der Waals surface area contributed by atoms with Crippen LogP contribution >= 0.6 is 0 Å². The molecule has 2 rings (SSSR count). The maximum Gasteiger partial charge on any atom is 0.417 e. The number of aryl methyl sites for hydroxylation is 1. The van der Waals surface area contributed by atoms with E-state index < -0.39 is 17.3 Å². The number of nitriles is 1. The molecule has 0 saturated carbocycles. The fourth-order valence-corrected chi connectivity index (χ4v) is 2.40. The van der Waals surface area contributed by atoms with Gasteiger partial charge in [-0.1, -0.05) is 0 Å². The number of methoxy groups -OCH3 is 1. The maximum atomic E-state index is 13.0. The highest BCUT2D eigenvalue weighted by molar-refractivity contribution is 5.44. The van der Waals surface area contributed by atoms with Gasteiger partial charge in [-0.2, -0.15) is 18.4 Å². The van der Waals surface area contributed by atoms with Gasteiger partial charge in [0.2, 0.25) is 0 Å². The Morgan fingerprint density at radius 1 is 1.03 bits per heavy atom. The highest BCUT2D eigenvalue weighted by atomic mass is 19.4. The minimum absolute atomic E-state index is 0.0692. The van der Waals surface area contributed by atoms with Gasteiger partial charge >= 0.3 is 6.18 Å². The van der Waals surface area contributed by atoms with Crippen molar-refractivity contribution in [2.75, 3.05) is 33.7 Å². The lowest BCUT2D eigenvalue weighted by Crippen LogP contribution is -2.09. The van der Waals surface area contributed by atoms with E-state index >= 15 is 0 Å². The average molecular weight is 410 g/mol. The molecular weight excluding hydrogens is 389 g/mol. The van der Waals surface area contributed by atoms with Crippen LogP contribution in [0.4, 0.5) is 13.2 Å². The van der Waals surface area contributed by atoms with Crippen molar-refractivity contribution in [3.8, 4) is 17.6 Å². The van der Waals surface area contributed by atoms with E-state index in [2.05, 4.69) is 4.98 Å². The number of hydrogen-bond donors (Lipinski definition) is 0. The molecule has 0 unspecified atom stereocenters. The van der Waals surface area contributed by atoms with Gasteiger partial charge in [0.05, 0.1) is 43.2 Å². The maximum absolute atomic E-state index is 13.0. The van der Waals surface area contributed by atoms with Gasteiger partial charge in [-0.3, -0.25) is 4.98 Å². The molecule has 0 aliphatic carbocycles. The molecule has 0 aliphatic heterocycles. The Balaban J connectivity index is 1.81. The van der Waals surface area contributed by atoms with Crippen LogP contribution in [0, 0.1) is 11.3 Å². The van der Waals surface area contributed by atoms with E-state index in [4.69, 9.17) is 24.2 Å². The number of ether oxygens (including phenoxy) is 4. The molecule has 0 bridgehead atoms. The molecule has 0 spiro atoms. The smallest absolute Gasteiger partial charge is 0.417 e. The largest absolute Gasteiger partial charge is 0.494 e. The zero-order chi connectivity index (χ0) is 21.1. The minimum atomic E-state index is -4.61. The standard InChI is InChI=1S/C20H21F3N2O4/c1-26-7-8-27-14-29-18-9-15(12-25-13-18)3-2-6-28-17-5-4-16(11-24)19(10-17)20(21,22)23/h4-5,9-10,12-13H,2-3,6-8,14H2,1H3. The number of nitrogens with zero attached hydrogens (tertiary/aromatic N) is 2. The van der Waals surface area contributed by atoms with Gasteiger partial charge in [0.15, 0.2) is 6.79 Å². The minimum Gasteiger partial charge on any atom is -0.494 e. The van der Waals surface area contributed by atoms with E-state index in [1.807, 2.05) is 6.07 Å². The Hall–Kier alpha value is -2.83. The second-order valence-electron chi connectivity index (χ2n) is 5.96. The van der Waals surface area contributed by atoms with E-state index in [0.29, 0.717) is 31.8 Å². The highest BCUT2D eigenvalue weighted by Crippen LogP contribution is 2.34. The molecule has 156 valence electrons. The lowest BCUT2D eigenvalue weighted by Gasteiger charge is -2.12. The van der Waals surface area contributed by atoms with E-state index in [9.17, 15) is 13.2 Å². The average Bonchev–Trinajstić information content (AvgIpc) is 2.70. The van der Waals surface area contributed by atoms with Crippen molar-refractivity contribution < 1.29 is 32.1 Å². The first kappa shape index (κ1) is 22.5. The molecule has 0 N–H and O–H groups in total. The molecule has 2 aromatic rings. The molecule has 6 nitrogen and oxygen atoms in total. The summed E-state index contributed by atoms with van der Waals surface area (Å²) in [4.78, 5) is 4.09. The summed E-state index contributed by atoms with van der Waals surface area (Å²) < 4.78 is 59.8.